The van der Waals surface area contributed by atoms with Crippen molar-refractivity contribution in [3.63, 3.8) is 0 Å². The van der Waals surface area contributed by atoms with Gasteiger partial charge in [0.05, 0.1) is 11.6 Å². The van der Waals surface area contributed by atoms with E-state index in [1.54, 1.807) is 0 Å². The Morgan fingerprint density at radius 3 is 2.39 bits per heavy atom. The number of H-pyrrole nitrogens is 1. The number of aromatic amines is 1. The van der Waals surface area contributed by atoms with Gasteiger partial charge in [0.2, 0.25) is 5.91 Å². The topological polar surface area (TPSA) is 61.0 Å². The zero-order valence-electron chi connectivity index (χ0n) is 16.1. The van der Waals surface area contributed by atoms with Gasteiger partial charge in [0.15, 0.2) is 5.82 Å². The monoisotopic (exact) mass is 374 g/mol. The third kappa shape index (κ3) is 4.09. The summed E-state index contributed by atoms with van der Waals surface area (Å²) in [7, 11) is 0. The van der Waals surface area contributed by atoms with Crippen LogP contribution in [0.3, 0.4) is 0 Å². The Hall–Kier alpha value is -3.08. The lowest BCUT2D eigenvalue weighted by Gasteiger charge is -2.33. The molecule has 28 heavy (non-hydrogen) atoms. The first kappa shape index (κ1) is 18.3. The van der Waals surface area contributed by atoms with E-state index in [0.717, 1.165) is 48.6 Å². The normalized spacial score (nSPS) is 16.0. The molecule has 0 spiro atoms. The van der Waals surface area contributed by atoms with Crippen molar-refractivity contribution in [3.05, 3.63) is 72.3 Å². The fourth-order valence-corrected chi connectivity index (χ4v) is 3.71. The molecule has 5 nitrogen and oxygen atoms in total. The largest absolute Gasteiger partial charge is 0.355 e. The van der Waals surface area contributed by atoms with Crippen LogP contribution in [0.15, 0.2) is 66.7 Å². The maximum Gasteiger partial charge on any atom is 0.227 e. The number of anilines is 1. The van der Waals surface area contributed by atoms with E-state index >= 15 is 0 Å². The quantitative estimate of drug-likeness (QED) is 0.710. The molecule has 2 heterocycles. The van der Waals surface area contributed by atoms with Crippen LogP contribution in [0.4, 0.5) is 5.82 Å². The molecule has 3 aromatic rings. The Morgan fingerprint density at radius 2 is 1.71 bits per heavy atom. The number of nitrogens with one attached hydrogen (secondary N) is 2. The van der Waals surface area contributed by atoms with Gasteiger partial charge in [-0.25, -0.2) is 0 Å². The number of carbonyl (C=O) groups excluding carboxylic acids is 1. The molecule has 0 bridgehead atoms. The van der Waals surface area contributed by atoms with Crippen LogP contribution in [0.25, 0.3) is 11.3 Å². The van der Waals surface area contributed by atoms with Crippen LogP contribution in [0.5, 0.6) is 0 Å². The van der Waals surface area contributed by atoms with Crippen LogP contribution in [-0.4, -0.2) is 35.2 Å². The number of rotatable bonds is 5. The van der Waals surface area contributed by atoms with Crippen molar-refractivity contribution in [2.75, 3.05) is 18.0 Å². The molecule has 1 aliphatic heterocycles. The van der Waals surface area contributed by atoms with Crippen molar-refractivity contribution in [1.29, 1.82) is 0 Å². The molecular weight excluding hydrogens is 348 g/mol. The van der Waals surface area contributed by atoms with Gasteiger partial charge in [-0.1, -0.05) is 60.7 Å². The summed E-state index contributed by atoms with van der Waals surface area (Å²) >= 11 is 0. The smallest absolute Gasteiger partial charge is 0.227 e. The molecule has 1 saturated heterocycles. The van der Waals surface area contributed by atoms with Gasteiger partial charge in [-0.05, 0) is 30.9 Å². The minimum absolute atomic E-state index is 0.107. The van der Waals surface area contributed by atoms with Gasteiger partial charge in [0.25, 0.3) is 0 Å². The van der Waals surface area contributed by atoms with Crippen molar-refractivity contribution in [2.45, 2.75) is 31.7 Å². The Bertz CT molecular complexity index is 899. The highest BCUT2D eigenvalue weighted by Gasteiger charge is 2.24. The number of aromatic nitrogens is 2. The second-order valence-corrected chi connectivity index (χ2v) is 7.41. The first-order chi connectivity index (χ1) is 13.7. The van der Waals surface area contributed by atoms with Crippen LogP contribution in [0.2, 0.25) is 0 Å². The maximum atomic E-state index is 12.6. The van der Waals surface area contributed by atoms with Gasteiger partial charge >= 0.3 is 0 Å². The first-order valence-electron chi connectivity index (χ1n) is 9.92. The number of hydrogen-bond donors (Lipinski definition) is 2. The van der Waals surface area contributed by atoms with Gasteiger partial charge in [-0.15, -0.1) is 0 Å². The fraction of sp³-hybridized carbons (Fsp3) is 0.304. The lowest BCUT2D eigenvalue weighted by Crippen LogP contribution is -2.45. The van der Waals surface area contributed by atoms with E-state index in [0.29, 0.717) is 0 Å². The summed E-state index contributed by atoms with van der Waals surface area (Å²) in [5.41, 5.74) is 3.23. The van der Waals surface area contributed by atoms with E-state index < -0.39 is 0 Å². The molecule has 1 aliphatic rings. The number of carbonyl (C=O) groups is 1. The summed E-state index contributed by atoms with van der Waals surface area (Å²) in [5, 5.41) is 10.8. The molecule has 1 atom stereocenters. The molecule has 1 aromatic heterocycles. The number of benzene rings is 2. The van der Waals surface area contributed by atoms with E-state index in [4.69, 9.17) is 0 Å². The molecule has 0 unspecified atom stereocenters. The third-order valence-electron chi connectivity index (χ3n) is 5.51. The summed E-state index contributed by atoms with van der Waals surface area (Å²) in [6, 6.07) is 22.5. The molecule has 0 aliphatic carbocycles. The van der Waals surface area contributed by atoms with Crippen molar-refractivity contribution in [3.8, 4) is 11.3 Å². The average Bonchev–Trinajstić information content (AvgIpc) is 3.25. The number of nitrogens with zero attached hydrogens (tertiary/aromatic N) is 2. The number of amides is 1. The lowest BCUT2D eigenvalue weighted by molar-refractivity contribution is -0.123. The highest BCUT2D eigenvalue weighted by atomic mass is 16.1. The average molecular weight is 374 g/mol. The molecule has 1 amide bonds. The summed E-state index contributed by atoms with van der Waals surface area (Å²) in [6.45, 7) is 3.75. The molecule has 0 saturated carbocycles. The molecule has 144 valence electrons. The molecular formula is C23H26N4O. The first-order valence-corrected chi connectivity index (χ1v) is 9.92. The van der Waals surface area contributed by atoms with Crippen LogP contribution < -0.4 is 10.2 Å². The predicted octanol–water partition coefficient (Wildman–Crippen LogP) is 3.97. The molecule has 1 fully saturated rings. The molecule has 5 heteroatoms. The Kier molecular flexibility index (Phi) is 5.42. The zero-order chi connectivity index (χ0) is 19.3. The standard InChI is InChI=1S/C23H26N4O/c1-17(18-8-4-2-5-9-18)23(28)24-20-12-14-27(15-13-20)22-16-21(25-26-22)19-10-6-3-7-11-19/h2-11,16-17,20H,12-15H2,1H3,(H,24,28)(H,25,26)/t17-/m1/s1. The van der Waals surface area contributed by atoms with Crippen molar-refractivity contribution in [2.24, 2.45) is 0 Å². The van der Waals surface area contributed by atoms with Crippen molar-refractivity contribution < 1.29 is 4.79 Å². The van der Waals surface area contributed by atoms with E-state index in [9.17, 15) is 4.79 Å². The van der Waals surface area contributed by atoms with Gasteiger partial charge in [-0.2, -0.15) is 5.10 Å². The minimum Gasteiger partial charge on any atom is -0.355 e. The van der Waals surface area contributed by atoms with Crippen LogP contribution in [-0.2, 0) is 4.79 Å². The lowest BCUT2D eigenvalue weighted by atomic mass is 9.98. The van der Waals surface area contributed by atoms with Gasteiger partial charge in [-0.3, -0.25) is 9.89 Å². The minimum atomic E-state index is -0.126. The highest BCUT2D eigenvalue weighted by molar-refractivity contribution is 5.83. The van der Waals surface area contributed by atoms with Gasteiger partial charge in [0.1, 0.15) is 0 Å². The van der Waals surface area contributed by atoms with E-state index in [1.165, 1.54) is 0 Å². The Labute approximate surface area is 165 Å². The van der Waals surface area contributed by atoms with Crippen LogP contribution >= 0.6 is 0 Å². The van der Waals surface area contributed by atoms with Crippen LogP contribution in [0.1, 0.15) is 31.2 Å². The van der Waals surface area contributed by atoms with Crippen LogP contribution in [0, 0.1) is 0 Å². The van der Waals surface area contributed by atoms with Crippen molar-refractivity contribution >= 4 is 11.7 Å². The SMILES string of the molecule is C[C@@H](C(=O)NC1CCN(c2cc(-c3ccccc3)[nH]n2)CC1)c1ccccc1. The molecule has 0 radical (unpaired) electrons. The highest BCUT2D eigenvalue weighted by Crippen LogP contribution is 2.24. The predicted molar refractivity (Wildman–Crippen MR) is 112 cm³/mol. The molecule has 2 N–H and O–H groups in total. The summed E-state index contributed by atoms with van der Waals surface area (Å²) in [6.07, 6.45) is 1.86. The number of piperidine rings is 1. The van der Waals surface area contributed by atoms with E-state index in [2.05, 4.69) is 38.6 Å². The maximum absolute atomic E-state index is 12.6. The van der Waals surface area contributed by atoms with E-state index in [-0.39, 0.29) is 17.9 Å². The number of hydrogen-bond acceptors (Lipinski definition) is 3. The molecule has 4 rings (SSSR count). The Balaban J connectivity index is 1.31. The second-order valence-electron chi connectivity index (χ2n) is 7.41. The fourth-order valence-electron chi connectivity index (χ4n) is 3.71. The van der Waals surface area contributed by atoms with Crippen molar-refractivity contribution in [1.82, 2.24) is 15.5 Å². The zero-order valence-corrected chi connectivity index (χ0v) is 16.1. The van der Waals surface area contributed by atoms with E-state index in [1.807, 2.05) is 55.5 Å². The second kappa shape index (κ2) is 8.30. The summed E-state index contributed by atoms with van der Waals surface area (Å²) < 4.78 is 0. The third-order valence-corrected chi connectivity index (χ3v) is 5.51. The van der Waals surface area contributed by atoms with Gasteiger partial charge < -0.3 is 10.2 Å². The summed E-state index contributed by atoms with van der Waals surface area (Å²) in [5.74, 6) is 0.955. The van der Waals surface area contributed by atoms with Gasteiger partial charge in [0, 0.05) is 25.2 Å². The molecule has 2 aromatic carbocycles. The Morgan fingerprint density at radius 1 is 1.07 bits per heavy atom. The summed E-state index contributed by atoms with van der Waals surface area (Å²) in [4.78, 5) is 14.9.